The average molecular weight is 304 g/mol. The largest absolute Gasteiger partial charge is 0.384 e. The standard InChI is InChI=1S/C12H20N2O3S2/c1-3-14-19(16,17)12-7-5-11(6-8-12)13-9-10-18(15)4-2/h5-8,13-14H,3-4,9-10H2,1-2H3. The second-order valence-corrected chi connectivity index (χ2v) is 7.52. The summed E-state index contributed by atoms with van der Waals surface area (Å²) in [6, 6.07) is 6.52. The van der Waals surface area contributed by atoms with E-state index < -0.39 is 20.8 Å². The lowest BCUT2D eigenvalue weighted by Gasteiger charge is -2.08. The SMILES string of the molecule is CCNS(=O)(=O)c1ccc(NCCS(=O)CC)cc1. The third kappa shape index (κ3) is 5.30. The average Bonchev–Trinajstić information content (AvgIpc) is 2.39. The summed E-state index contributed by atoms with van der Waals surface area (Å²) in [5.74, 6) is 1.25. The molecule has 1 unspecified atom stereocenters. The molecule has 0 amide bonds. The Balaban J connectivity index is 2.59. The van der Waals surface area contributed by atoms with Crippen LogP contribution in [0.15, 0.2) is 29.2 Å². The van der Waals surface area contributed by atoms with Crippen LogP contribution in [0.3, 0.4) is 0 Å². The van der Waals surface area contributed by atoms with Crippen LogP contribution in [0.5, 0.6) is 0 Å². The van der Waals surface area contributed by atoms with Gasteiger partial charge in [0.25, 0.3) is 0 Å². The molecule has 2 N–H and O–H groups in total. The van der Waals surface area contributed by atoms with Gasteiger partial charge in [-0.25, -0.2) is 13.1 Å². The topological polar surface area (TPSA) is 75.3 Å². The first kappa shape index (κ1) is 16.1. The Kier molecular flexibility index (Phi) is 6.47. The molecule has 7 heteroatoms. The summed E-state index contributed by atoms with van der Waals surface area (Å²) >= 11 is 0. The van der Waals surface area contributed by atoms with Crippen LogP contribution in [-0.2, 0) is 20.8 Å². The summed E-state index contributed by atoms with van der Waals surface area (Å²) in [6.45, 7) is 4.60. The Hall–Kier alpha value is -0.920. The first-order chi connectivity index (χ1) is 8.99. The molecule has 108 valence electrons. The highest BCUT2D eigenvalue weighted by Crippen LogP contribution is 2.13. The van der Waals surface area contributed by atoms with Gasteiger partial charge in [-0.3, -0.25) is 4.21 Å². The van der Waals surface area contributed by atoms with E-state index in [1.165, 1.54) is 0 Å². The summed E-state index contributed by atoms with van der Waals surface area (Å²) < 4.78 is 37.1. The zero-order valence-electron chi connectivity index (χ0n) is 11.2. The van der Waals surface area contributed by atoms with Crippen molar-refractivity contribution in [1.82, 2.24) is 4.72 Å². The maximum Gasteiger partial charge on any atom is 0.240 e. The van der Waals surface area contributed by atoms with Crippen molar-refractivity contribution < 1.29 is 12.6 Å². The number of rotatable bonds is 8. The van der Waals surface area contributed by atoms with Gasteiger partial charge in [-0.05, 0) is 24.3 Å². The van der Waals surface area contributed by atoms with Crippen LogP contribution in [0.4, 0.5) is 5.69 Å². The van der Waals surface area contributed by atoms with Crippen LogP contribution < -0.4 is 10.0 Å². The maximum absolute atomic E-state index is 11.7. The van der Waals surface area contributed by atoms with Crippen LogP contribution in [0.25, 0.3) is 0 Å². The lowest BCUT2D eigenvalue weighted by molar-refractivity contribution is 0.584. The fraction of sp³-hybridized carbons (Fsp3) is 0.500. The first-order valence-electron chi connectivity index (χ1n) is 6.18. The van der Waals surface area contributed by atoms with Gasteiger partial charge < -0.3 is 5.32 Å². The molecule has 0 spiro atoms. The summed E-state index contributed by atoms with van der Waals surface area (Å²) in [5.41, 5.74) is 0.823. The van der Waals surface area contributed by atoms with Crippen LogP contribution in [-0.4, -0.2) is 37.2 Å². The van der Waals surface area contributed by atoms with Crippen molar-refractivity contribution >= 4 is 26.5 Å². The Morgan fingerprint density at radius 2 is 1.79 bits per heavy atom. The van der Waals surface area contributed by atoms with E-state index >= 15 is 0 Å². The van der Waals surface area contributed by atoms with Crippen molar-refractivity contribution in [3.63, 3.8) is 0 Å². The van der Waals surface area contributed by atoms with E-state index in [2.05, 4.69) is 10.0 Å². The maximum atomic E-state index is 11.7. The molecule has 1 aromatic carbocycles. The van der Waals surface area contributed by atoms with Crippen LogP contribution in [0.2, 0.25) is 0 Å². The van der Waals surface area contributed by atoms with E-state index in [0.29, 0.717) is 24.6 Å². The van der Waals surface area contributed by atoms with Gasteiger partial charge in [-0.2, -0.15) is 0 Å². The van der Waals surface area contributed by atoms with E-state index in [-0.39, 0.29) is 4.90 Å². The molecule has 19 heavy (non-hydrogen) atoms. The molecule has 0 heterocycles. The molecule has 0 saturated carbocycles. The van der Waals surface area contributed by atoms with E-state index in [0.717, 1.165) is 5.69 Å². The number of anilines is 1. The van der Waals surface area contributed by atoms with Gasteiger partial charge in [0.05, 0.1) is 4.90 Å². The van der Waals surface area contributed by atoms with Gasteiger partial charge in [0.1, 0.15) is 0 Å². The third-order valence-corrected chi connectivity index (χ3v) is 5.34. The van der Waals surface area contributed by atoms with Crippen molar-refractivity contribution in [3.8, 4) is 0 Å². The molecular weight excluding hydrogens is 284 g/mol. The fourth-order valence-electron chi connectivity index (χ4n) is 1.48. The van der Waals surface area contributed by atoms with Crippen molar-refractivity contribution in [1.29, 1.82) is 0 Å². The zero-order valence-corrected chi connectivity index (χ0v) is 12.8. The molecule has 1 atom stereocenters. The molecule has 0 aromatic heterocycles. The Labute approximate surface area is 117 Å². The minimum atomic E-state index is -3.39. The molecule has 1 rings (SSSR count). The van der Waals surface area contributed by atoms with Gasteiger partial charge in [0.15, 0.2) is 0 Å². The van der Waals surface area contributed by atoms with Gasteiger partial charge in [0, 0.05) is 41.1 Å². The van der Waals surface area contributed by atoms with E-state index in [9.17, 15) is 12.6 Å². The van der Waals surface area contributed by atoms with Gasteiger partial charge in [-0.15, -0.1) is 0 Å². The predicted molar refractivity (Wildman–Crippen MR) is 79.3 cm³/mol. The molecule has 0 aliphatic carbocycles. The lowest BCUT2D eigenvalue weighted by atomic mass is 10.3. The van der Waals surface area contributed by atoms with Crippen LogP contribution in [0, 0.1) is 0 Å². The highest BCUT2D eigenvalue weighted by atomic mass is 32.2. The Morgan fingerprint density at radius 1 is 1.16 bits per heavy atom. The van der Waals surface area contributed by atoms with Gasteiger partial charge in [0.2, 0.25) is 10.0 Å². The predicted octanol–water partition coefficient (Wildman–Crippen LogP) is 1.17. The molecule has 0 fully saturated rings. The van der Waals surface area contributed by atoms with Crippen LogP contribution >= 0.6 is 0 Å². The molecule has 0 aliphatic rings. The smallest absolute Gasteiger partial charge is 0.240 e. The number of nitrogens with one attached hydrogen (secondary N) is 2. The number of hydrogen-bond donors (Lipinski definition) is 2. The molecule has 1 aromatic rings. The van der Waals surface area contributed by atoms with E-state index in [1.807, 2.05) is 6.92 Å². The minimum Gasteiger partial charge on any atom is -0.384 e. The second-order valence-electron chi connectivity index (χ2n) is 3.89. The Bertz CT molecular complexity index is 512. The lowest BCUT2D eigenvalue weighted by Crippen LogP contribution is -2.23. The van der Waals surface area contributed by atoms with Crippen molar-refractivity contribution in [2.24, 2.45) is 0 Å². The molecule has 0 saturated heterocycles. The second kappa shape index (κ2) is 7.62. The summed E-state index contributed by atoms with van der Waals surface area (Å²) in [7, 11) is -4.18. The van der Waals surface area contributed by atoms with Gasteiger partial charge in [-0.1, -0.05) is 13.8 Å². The normalized spacial score (nSPS) is 13.2. The van der Waals surface area contributed by atoms with Crippen molar-refractivity contribution in [3.05, 3.63) is 24.3 Å². The molecule has 0 aliphatic heterocycles. The van der Waals surface area contributed by atoms with Gasteiger partial charge >= 0.3 is 0 Å². The summed E-state index contributed by atoms with van der Waals surface area (Å²) in [5, 5.41) is 3.11. The fourth-order valence-corrected chi connectivity index (χ4v) is 3.14. The number of benzene rings is 1. The van der Waals surface area contributed by atoms with Crippen molar-refractivity contribution in [2.75, 3.05) is 29.9 Å². The minimum absolute atomic E-state index is 0.247. The molecule has 0 radical (unpaired) electrons. The number of hydrogen-bond acceptors (Lipinski definition) is 4. The van der Waals surface area contributed by atoms with Crippen molar-refractivity contribution in [2.45, 2.75) is 18.7 Å². The Morgan fingerprint density at radius 3 is 2.32 bits per heavy atom. The quantitative estimate of drug-likeness (QED) is 0.756. The molecule has 5 nitrogen and oxygen atoms in total. The van der Waals surface area contributed by atoms with E-state index in [1.54, 1.807) is 31.2 Å². The monoisotopic (exact) mass is 304 g/mol. The summed E-state index contributed by atoms with van der Waals surface area (Å²) in [4.78, 5) is 0.247. The zero-order chi connectivity index (χ0) is 14.3. The first-order valence-corrected chi connectivity index (χ1v) is 9.15. The van der Waals surface area contributed by atoms with Crippen LogP contribution in [0.1, 0.15) is 13.8 Å². The number of sulfonamides is 1. The highest BCUT2D eigenvalue weighted by Gasteiger charge is 2.11. The molecule has 0 bridgehead atoms. The highest BCUT2D eigenvalue weighted by molar-refractivity contribution is 7.89. The van der Waals surface area contributed by atoms with E-state index in [4.69, 9.17) is 0 Å². The summed E-state index contributed by atoms with van der Waals surface area (Å²) in [6.07, 6.45) is 0. The third-order valence-electron chi connectivity index (χ3n) is 2.48. The molecular formula is C12H20N2O3S2.